The van der Waals surface area contributed by atoms with Crippen LogP contribution in [0.3, 0.4) is 0 Å². The van der Waals surface area contributed by atoms with Crippen molar-refractivity contribution in [2.45, 2.75) is 33.1 Å². The maximum Gasteiger partial charge on any atom is 0.159 e. The summed E-state index contributed by atoms with van der Waals surface area (Å²) in [5.41, 5.74) is 0. The number of unbranched alkanes of at least 4 members (excludes halogenated alkanes) is 1. The second-order valence-electron chi connectivity index (χ2n) is 7.30. The highest BCUT2D eigenvalue weighted by atomic mass is 31.2. The fourth-order valence-corrected chi connectivity index (χ4v) is 7.54. The molecule has 0 saturated carbocycles. The quantitative estimate of drug-likeness (QED) is 0.486. The van der Waals surface area contributed by atoms with Crippen molar-refractivity contribution in [1.29, 1.82) is 0 Å². The summed E-state index contributed by atoms with van der Waals surface area (Å²) in [4.78, 5) is 13.4. The average Bonchev–Trinajstić information content (AvgIpc) is 2.77. The molecule has 3 aromatic rings. The minimum atomic E-state index is -2.17. The van der Waals surface area contributed by atoms with Gasteiger partial charge in [0.25, 0.3) is 0 Å². The monoisotopic (exact) mass is 388 g/mol. The number of carbonyl (C=O) groups is 1. The molecule has 0 N–H and O–H groups in total. The van der Waals surface area contributed by atoms with Crippen LogP contribution in [0, 0.1) is 5.92 Å². The van der Waals surface area contributed by atoms with Crippen molar-refractivity contribution in [2.24, 2.45) is 5.92 Å². The molecule has 144 valence electrons. The largest absolute Gasteiger partial charge is 0.294 e. The summed E-state index contributed by atoms with van der Waals surface area (Å²) in [5, 5.41) is 3.68. The minimum absolute atomic E-state index is 0.0514. The van der Waals surface area contributed by atoms with Gasteiger partial charge in [0.05, 0.1) is 0 Å². The standard InChI is InChI=1S/C26H29OP/c1-3-4-14-22(2)26(27)21-28(23-15-8-5-9-16-23,24-17-10-6-11-18-24)25-19-12-7-13-20-25/h5-13,15-22H,3-4,14H2,1-2H3. The zero-order valence-electron chi connectivity index (χ0n) is 16.8. The number of Topliss-reactive ketones (excluding diaryl/α,β-unsaturated/α-hetero) is 1. The molecule has 0 heterocycles. The van der Waals surface area contributed by atoms with Gasteiger partial charge in [-0.15, -0.1) is 0 Å². The molecule has 0 saturated heterocycles. The van der Waals surface area contributed by atoms with Crippen molar-refractivity contribution in [3.63, 3.8) is 0 Å². The Morgan fingerprint density at radius 2 is 1.18 bits per heavy atom. The molecule has 0 aliphatic heterocycles. The van der Waals surface area contributed by atoms with Crippen LogP contribution in [0.25, 0.3) is 0 Å². The molecule has 0 radical (unpaired) electrons. The third-order valence-corrected chi connectivity index (χ3v) is 9.27. The van der Waals surface area contributed by atoms with Crippen molar-refractivity contribution in [1.82, 2.24) is 0 Å². The van der Waals surface area contributed by atoms with Crippen LogP contribution < -0.4 is 15.9 Å². The molecule has 3 aromatic carbocycles. The number of carbonyl (C=O) groups excluding carboxylic acids is 1. The van der Waals surface area contributed by atoms with E-state index >= 15 is 0 Å². The van der Waals surface area contributed by atoms with Gasteiger partial charge >= 0.3 is 0 Å². The number of rotatable bonds is 8. The average molecular weight is 388 g/mol. The Balaban J connectivity index is 2.28. The molecule has 1 unspecified atom stereocenters. The molecule has 0 aliphatic carbocycles. The molecular formula is C26H29OP. The number of ketones is 1. The van der Waals surface area contributed by atoms with Gasteiger partial charge < -0.3 is 0 Å². The van der Waals surface area contributed by atoms with Gasteiger partial charge in [-0.25, -0.2) is 0 Å². The van der Waals surface area contributed by atoms with Crippen molar-refractivity contribution in [3.8, 4) is 0 Å². The van der Waals surface area contributed by atoms with Crippen LogP contribution in [0.15, 0.2) is 91.0 Å². The Morgan fingerprint density at radius 3 is 1.54 bits per heavy atom. The van der Waals surface area contributed by atoms with Crippen LogP contribution in [0.2, 0.25) is 0 Å². The molecule has 28 heavy (non-hydrogen) atoms. The summed E-state index contributed by atoms with van der Waals surface area (Å²) in [6, 6.07) is 31.6. The van der Waals surface area contributed by atoms with Gasteiger partial charge in [0.15, 0.2) is 5.78 Å². The maximum atomic E-state index is 13.4. The number of hydrogen-bond donors (Lipinski definition) is 0. The first-order valence-electron chi connectivity index (χ1n) is 10.1. The smallest absolute Gasteiger partial charge is 0.159 e. The van der Waals surface area contributed by atoms with Crippen LogP contribution in [0.4, 0.5) is 0 Å². The van der Waals surface area contributed by atoms with E-state index in [1.54, 1.807) is 0 Å². The molecule has 0 aliphatic rings. The summed E-state index contributed by atoms with van der Waals surface area (Å²) >= 11 is 0. The lowest BCUT2D eigenvalue weighted by Gasteiger charge is -2.29. The minimum Gasteiger partial charge on any atom is -0.294 e. The van der Waals surface area contributed by atoms with Crippen molar-refractivity contribution in [3.05, 3.63) is 91.0 Å². The third kappa shape index (κ3) is 4.37. The van der Waals surface area contributed by atoms with E-state index in [1.807, 2.05) is 18.2 Å². The van der Waals surface area contributed by atoms with Gasteiger partial charge in [-0.1, -0.05) is 118 Å². The summed E-state index contributed by atoms with van der Waals surface area (Å²) < 4.78 is 0. The lowest BCUT2D eigenvalue weighted by Crippen LogP contribution is -2.29. The molecule has 1 nitrogen and oxygen atoms in total. The second-order valence-corrected chi connectivity index (χ2v) is 10.6. The van der Waals surface area contributed by atoms with Crippen molar-refractivity contribution >= 4 is 34.4 Å². The summed E-state index contributed by atoms with van der Waals surface area (Å²) in [5.74, 6) is 2.39. The third-order valence-electron chi connectivity index (χ3n) is 5.29. The fourth-order valence-electron chi connectivity index (χ4n) is 3.63. The molecule has 2 heteroatoms. The lowest BCUT2D eigenvalue weighted by molar-refractivity contribution is -0.115. The highest BCUT2D eigenvalue weighted by molar-refractivity contribution is 7.95. The lowest BCUT2D eigenvalue weighted by atomic mass is 10.0. The number of hydrogen-bond acceptors (Lipinski definition) is 1. The molecule has 0 amide bonds. The van der Waals surface area contributed by atoms with Crippen molar-refractivity contribution < 1.29 is 4.79 Å². The topological polar surface area (TPSA) is 17.1 Å². The first-order chi connectivity index (χ1) is 13.7. The Hall–Kier alpha value is -2.37. The van der Waals surface area contributed by atoms with Gasteiger partial charge in [0.2, 0.25) is 0 Å². The van der Waals surface area contributed by atoms with Crippen LogP contribution in [0.1, 0.15) is 33.1 Å². The highest BCUT2D eigenvalue weighted by Gasteiger charge is 2.27. The highest BCUT2D eigenvalue weighted by Crippen LogP contribution is 2.43. The molecule has 0 fully saturated rings. The summed E-state index contributed by atoms with van der Waals surface area (Å²) in [6.45, 7) is 2.08. The molecule has 1 atom stereocenters. The molecule has 0 spiro atoms. The van der Waals surface area contributed by atoms with Crippen LogP contribution in [0.5, 0.6) is 0 Å². The molecule has 3 rings (SSSR count). The number of benzene rings is 3. The fraction of sp³-hybridized carbons (Fsp3) is 0.231. The Kier molecular flexibility index (Phi) is 7.06. The maximum absolute atomic E-state index is 13.4. The Bertz CT molecular complexity index is 827. The van der Waals surface area contributed by atoms with E-state index < -0.39 is 6.89 Å². The first kappa shape index (κ1) is 20.4. The van der Waals surface area contributed by atoms with E-state index in [2.05, 4.69) is 92.4 Å². The molecular weight excluding hydrogens is 359 g/mol. The van der Waals surface area contributed by atoms with E-state index in [4.69, 9.17) is 0 Å². The van der Waals surface area contributed by atoms with Crippen LogP contribution in [-0.2, 0) is 4.79 Å². The van der Waals surface area contributed by atoms with Gasteiger partial charge in [0.1, 0.15) is 0 Å². The SMILES string of the molecule is CCCCC(C)C(=O)C=P(c1ccccc1)(c1ccccc1)c1ccccc1. The van der Waals surface area contributed by atoms with Gasteiger partial charge in [-0.2, -0.15) is 0 Å². The summed E-state index contributed by atoms with van der Waals surface area (Å²) in [7, 11) is 0. The van der Waals surface area contributed by atoms with E-state index in [1.165, 1.54) is 15.9 Å². The van der Waals surface area contributed by atoms with E-state index in [9.17, 15) is 4.79 Å². The van der Waals surface area contributed by atoms with Crippen LogP contribution >= 0.6 is 6.89 Å². The predicted molar refractivity (Wildman–Crippen MR) is 125 cm³/mol. The van der Waals surface area contributed by atoms with Gasteiger partial charge in [-0.05, 0) is 35.0 Å². The van der Waals surface area contributed by atoms with E-state index in [-0.39, 0.29) is 11.7 Å². The zero-order valence-corrected chi connectivity index (χ0v) is 17.7. The van der Waals surface area contributed by atoms with E-state index in [0.717, 1.165) is 19.3 Å². The zero-order chi connectivity index (χ0) is 19.8. The molecule has 0 aromatic heterocycles. The van der Waals surface area contributed by atoms with Crippen LogP contribution in [-0.4, -0.2) is 11.6 Å². The second kappa shape index (κ2) is 9.71. The summed E-state index contributed by atoms with van der Waals surface area (Å²) in [6.07, 6.45) is 3.16. The predicted octanol–water partition coefficient (Wildman–Crippen LogP) is 5.18. The van der Waals surface area contributed by atoms with Gasteiger partial charge in [-0.3, -0.25) is 4.79 Å². The van der Waals surface area contributed by atoms with Gasteiger partial charge in [0, 0.05) is 5.92 Å². The van der Waals surface area contributed by atoms with E-state index in [0.29, 0.717) is 0 Å². The first-order valence-corrected chi connectivity index (χ1v) is 12.0. The normalized spacial score (nSPS) is 12.4. The van der Waals surface area contributed by atoms with Crippen molar-refractivity contribution in [2.75, 3.05) is 0 Å². The Morgan fingerprint density at radius 1 is 0.786 bits per heavy atom. The Labute approximate surface area is 169 Å². The molecule has 0 bridgehead atoms.